The predicted molar refractivity (Wildman–Crippen MR) is 106 cm³/mol. The van der Waals surface area contributed by atoms with E-state index in [9.17, 15) is 4.39 Å². The molecule has 1 aromatic heterocycles. The van der Waals surface area contributed by atoms with E-state index in [0.29, 0.717) is 24.8 Å². The number of halogens is 1. The molecule has 1 heterocycles. The first-order valence-electron chi connectivity index (χ1n) is 8.95. The summed E-state index contributed by atoms with van der Waals surface area (Å²) in [6.07, 6.45) is 3.01. The van der Waals surface area contributed by atoms with E-state index in [1.54, 1.807) is 30.2 Å². The van der Waals surface area contributed by atoms with Crippen molar-refractivity contribution in [2.75, 3.05) is 13.6 Å². The standard InChI is InChI=1S/C20H23FN6O/c1-15(28-19-5-3-4-17(21)10-19)11-24-20(22-2)25-12-16-6-8-18(9-7-16)27-14-23-13-26-27/h3-10,13-15H,11-12H2,1-2H3,(H2,22,24,25). The van der Waals surface area contributed by atoms with Gasteiger partial charge in [0.25, 0.3) is 0 Å². The number of nitrogens with zero attached hydrogens (tertiary/aromatic N) is 4. The van der Waals surface area contributed by atoms with Crippen LogP contribution in [-0.4, -0.2) is 40.4 Å². The summed E-state index contributed by atoms with van der Waals surface area (Å²) in [5.74, 6) is 0.852. The van der Waals surface area contributed by atoms with Gasteiger partial charge in [0.1, 0.15) is 30.3 Å². The van der Waals surface area contributed by atoms with Crippen LogP contribution in [-0.2, 0) is 6.54 Å². The Morgan fingerprint density at radius 2 is 2.04 bits per heavy atom. The first-order valence-corrected chi connectivity index (χ1v) is 8.95. The molecule has 0 aliphatic heterocycles. The van der Waals surface area contributed by atoms with Gasteiger partial charge in [0.15, 0.2) is 5.96 Å². The first kappa shape index (κ1) is 19.3. The van der Waals surface area contributed by atoms with Crippen LogP contribution in [0.15, 0.2) is 66.2 Å². The normalized spacial score (nSPS) is 12.5. The summed E-state index contributed by atoms with van der Waals surface area (Å²) >= 11 is 0. The SMILES string of the molecule is CN=C(NCc1ccc(-n2cncn2)cc1)NCC(C)Oc1cccc(F)c1. The van der Waals surface area contributed by atoms with E-state index in [1.807, 2.05) is 31.2 Å². The molecule has 7 nitrogen and oxygen atoms in total. The monoisotopic (exact) mass is 382 g/mol. The van der Waals surface area contributed by atoms with Gasteiger partial charge in [-0.25, -0.2) is 14.1 Å². The number of rotatable bonds is 7. The van der Waals surface area contributed by atoms with Gasteiger partial charge in [-0.2, -0.15) is 5.10 Å². The van der Waals surface area contributed by atoms with Gasteiger partial charge < -0.3 is 15.4 Å². The number of nitrogens with one attached hydrogen (secondary N) is 2. The molecule has 3 rings (SSSR count). The molecule has 0 fully saturated rings. The van der Waals surface area contributed by atoms with Gasteiger partial charge in [0, 0.05) is 19.7 Å². The highest BCUT2D eigenvalue weighted by Gasteiger charge is 2.07. The van der Waals surface area contributed by atoms with Crippen molar-refractivity contribution in [3.8, 4) is 11.4 Å². The van der Waals surface area contributed by atoms with Crippen LogP contribution in [0.25, 0.3) is 5.69 Å². The first-order chi connectivity index (χ1) is 13.6. The van der Waals surface area contributed by atoms with Gasteiger partial charge in [-0.3, -0.25) is 4.99 Å². The van der Waals surface area contributed by atoms with Gasteiger partial charge in [-0.1, -0.05) is 18.2 Å². The van der Waals surface area contributed by atoms with E-state index >= 15 is 0 Å². The van der Waals surface area contributed by atoms with Crippen LogP contribution in [0.2, 0.25) is 0 Å². The molecule has 146 valence electrons. The van der Waals surface area contributed by atoms with E-state index in [-0.39, 0.29) is 11.9 Å². The number of ether oxygens (including phenoxy) is 1. The number of guanidine groups is 1. The number of aromatic nitrogens is 3. The molecule has 28 heavy (non-hydrogen) atoms. The fourth-order valence-electron chi connectivity index (χ4n) is 2.57. The maximum Gasteiger partial charge on any atom is 0.191 e. The zero-order valence-electron chi connectivity index (χ0n) is 15.8. The van der Waals surface area contributed by atoms with E-state index in [1.165, 1.54) is 18.5 Å². The molecule has 0 saturated heterocycles. The molecule has 0 radical (unpaired) electrons. The van der Waals surface area contributed by atoms with Crippen LogP contribution in [0.3, 0.4) is 0 Å². The van der Waals surface area contributed by atoms with Gasteiger partial charge in [0.2, 0.25) is 0 Å². The zero-order chi connectivity index (χ0) is 19.8. The van der Waals surface area contributed by atoms with E-state index in [4.69, 9.17) is 4.74 Å². The molecule has 3 aromatic rings. The largest absolute Gasteiger partial charge is 0.489 e. The molecule has 0 spiro atoms. The number of hydrogen-bond acceptors (Lipinski definition) is 4. The second kappa shape index (κ2) is 9.50. The Kier molecular flexibility index (Phi) is 6.56. The molecule has 0 bridgehead atoms. The summed E-state index contributed by atoms with van der Waals surface area (Å²) in [7, 11) is 1.71. The summed E-state index contributed by atoms with van der Waals surface area (Å²) in [5, 5.41) is 10.6. The van der Waals surface area contributed by atoms with Gasteiger partial charge in [-0.05, 0) is 36.8 Å². The highest BCUT2D eigenvalue weighted by molar-refractivity contribution is 5.79. The third-order valence-electron chi connectivity index (χ3n) is 3.99. The average molecular weight is 382 g/mol. The fourth-order valence-corrected chi connectivity index (χ4v) is 2.57. The fraction of sp³-hybridized carbons (Fsp3) is 0.250. The van der Waals surface area contributed by atoms with E-state index in [2.05, 4.69) is 25.7 Å². The summed E-state index contributed by atoms with van der Waals surface area (Å²) in [6.45, 7) is 3.06. The van der Waals surface area contributed by atoms with Crippen LogP contribution >= 0.6 is 0 Å². The molecule has 2 aromatic carbocycles. The minimum atomic E-state index is -0.315. The molecular formula is C20H23FN6O. The third kappa shape index (κ3) is 5.54. The van der Waals surface area contributed by atoms with Crippen LogP contribution in [0, 0.1) is 5.82 Å². The van der Waals surface area contributed by atoms with Crippen LogP contribution in [0.1, 0.15) is 12.5 Å². The number of benzene rings is 2. The maximum atomic E-state index is 13.2. The molecule has 0 aliphatic rings. The Bertz CT molecular complexity index is 895. The third-order valence-corrected chi connectivity index (χ3v) is 3.99. The minimum absolute atomic E-state index is 0.151. The van der Waals surface area contributed by atoms with Crippen LogP contribution < -0.4 is 15.4 Å². The van der Waals surface area contributed by atoms with Crippen molar-refractivity contribution >= 4 is 5.96 Å². The Labute approximate surface area is 163 Å². The van der Waals surface area contributed by atoms with Gasteiger partial charge in [0.05, 0.1) is 12.2 Å². The van der Waals surface area contributed by atoms with Crippen molar-refractivity contribution in [3.05, 3.63) is 72.6 Å². The average Bonchev–Trinajstić information content (AvgIpc) is 3.23. The quantitative estimate of drug-likeness (QED) is 0.485. The van der Waals surface area contributed by atoms with E-state index < -0.39 is 0 Å². The van der Waals surface area contributed by atoms with Crippen molar-refractivity contribution in [1.29, 1.82) is 0 Å². The van der Waals surface area contributed by atoms with Crippen molar-refractivity contribution in [1.82, 2.24) is 25.4 Å². The van der Waals surface area contributed by atoms with Gasteiger partial charge >= 0.3 is 0 Å². The van der Waals surface area contributed by atoms with E-state index in [0.717, 1.165) is 11.3 Å². The summed E-state index contributed by atoms with van der Waals surface area (Å²) in [6, 6.07) is 14.1. The molecule has 0 saturated carbocycles. The molecular weight excluding hydrogens is 359 g/mol. The van der Waals surface area contributed by atoms with Crippen LogP contribution in [0.4, 0.5) is 4.39 Å². The van der Waals surface area contributed by atoms with Crippen molar-refractivity contribution in [2.45, 2.75) is 19.6 Å². The Balaban J connectivity index is 1.45. The van der Waals surface area contributed by atoms with Crippen LogP contribution in [0.5, 0.6) is 5.75 Å². The topological polar surface area (TPSA) is 76.4 Å². The Morgan fingerprint density at radius 3 is 2.71 bits per heavy atom. The second-order valence-corrected chi connectivity index (χ2v) is 6.20. The van der Waals surface area contributed by atoms with Gasteiger partial charge in [-0.15, -0.1) is 0 Å². The smallest absolute Gasteiger partial charge is 0.191 e. The lowest BCUT2D eigenvalue weighted by Crippen LogP contribution is -2.41. The zero-order valence-corrected chi connectivity index (χ0v) is 15.8. The lowest BCUT2D eigenvalue weighted by molar-refractivity contribution is 0.223. The Morgan fingerprint density at radius 1 is 1.21 bits per heavy atom. The molecule has 8 heteroatoms. The maximum absolute atomic E-state index is 13.2. The molecule has 1 atom stereocenters. The summed E-state index contributed by atoms with van der Waals surface area (Å²) in [4.78, 5) is 8.15. The van der Waals surface area contributed by atoms with Crippen molar-refractivity contribution in [3.63, 3.8) is 0 Å². The molecule has 0 aliphatic carbocycles. The highest BCUT2D eigenvalue weighted by atomic mass is 19.1. The summed E-state index contributed by atoms with van der Waals surface area (Å²) in [5.41, 5.74) is 2.06. The number of aliphatic imine (C=N–C) groups is 1. The summed E-state index contributed by atoms with van der Waals surface area (Å²) < 4.78 is 20.6. The van der Waals surface area contributed by atoms with Crippen molar-refractivity contribution in [2.24, 2.45) is 4.99 Å². The predicted octanol–water partition coefficient (Wildman–Crippen LogP) is 2.54. The molecule has 2 N–H and O–H groups in total. The minimum Gasteiger partial charge on any atom is -0.489 e. The van der Waals surface area contributed by atoms with Crippen molar-refractivity contribution < 1.29 is 9.13 Å². The number of hydrogen-bond donors (Lipinski definition) is 2. The highest BCUT2D eigenvalue weighted by Crippen LogP contribution is 2.13. The lowest BCUT2D eigenvalue weighted by Gasteiger charge is -2.18. The second-order valence-electron chi connectivity index (χ2n) is 6.20. The lowest BCUT2D eigenvalue weighted by atomic mass is 10.2. The Hall–Kier alpha value is -3.42. The molecule has 1 unspecified atom stereocenters. The molecule has 0 amide bonds.